The van der Waals surface area contributed by atoms with Crippen molar-refractivity contribution in [1.82, 2.24) is 14.9 Å². The molecule has 1 atom stereocenters. The zero-order valence-electron chi connectivity index (χ0n) is 16.3. The van der Waals surface area contributed by atoms with E-state index in [0.29, 0.717) is 36.0 Å². The zero-order chi connectivity index (χ0) is 21.4. The molecule has 2 N–H and O–H groups in total. The maximum absolute atomic E-state index is 13.1. The van der Waals surface area contributed by atoms with Crippen molar-refractivity contribution in [3.63, 3.8) is 0 Å². The van der Waals surface area contributed by atoms with E-state index in [0.717, 1.165) is 10.2 Å². The van der Waals surface area contributed by atoms with Crippen LogP contribution in [0.2, 0.25) is 0 Å². The van der Waals surface area contributed by atoms with Crippen molar-refractivity contribution in [3.05, 3.63) is 70.7 Å². The van der Waals surface area contributed by atoms with Gasteiger partial charge in [-0.3, -0.25) is 14.4 Å². The van der Waals surface area contributed by atoms with Gasteiger partial charge in [0.05, 0.1) is 22.2 Å². The molecule has 0 bridgehead atoms. The number of likely N-dealkylation sites (tertiary alicyclic amines) is 1. The molecule has 8 nitrogen and oxygen atoms in total. The van der Waals surface area contributed by atoms with Crippen LogP contribution >= 0.6 is 11.3 Å². The Hall–Kier alpha value is -3.72. The highest BCUT2D eigenvalue weighted by atomic mass is 32.1. The van der Waals surface area contributed by atoms with E-state index in [2.05, 4.69) is 15.3 Å². The Bertz CT molecular complexity index is 1290. The van der Waals surface area contributed by atoms with Crippen molar-refractivity contribution in [2.45, 2.75) is 18.9 Å². The first-order valence-electron chi connectivity index (χ1n) is 9.85. The van der Waals surface area contributed by atoms with Gasteiger partial charge in [0.25, 0.3) is 11.5 Å². The Morgan fingerprint density at radius 1 is 1.16 bits per heavy atom. The molecule has 3 aromatic heterocycles. The molecule has 5 rings (SSSR count). The molecular formula is C22H18N4O4S. The number of fused-ring (bicyclic) bond motifs is 1. The van der Waals surface area contributed by atoms with Crippen LogP contribution in [0.4, 0.5) is 5.13 Å². The number of nitrogens with zero attached hydrogens (tertiary/aromatic N) is 2. The molecule has 4 heterocycles. The summed E-state index contributed by atoms with van der Waals surface area (Å²) in [5.41, 5.74) is 0.773. The summed E-state index contributed by atoms with van der Waals surface area (Å²) in [7, 11) is 0. The normalized spacial score (nSPS) is 16.0. The Morgan fingerprint density at radius 3 is 2.81 bits per heavy atom. The first-order valence-corrected chi connectivity index (χ1v) is 10.7. The molecule has 1 unspecified atom stereocenters. The van der Waals surface area contributed by atoms with Gasteiger partial charge in [-0.1, -0.05) is 23.5 Å². The third-order valence-electron chi connectivity index (χ3n) is 5.27. The largest absolute Gasteiger partial charge is 0.463 e. The van der Waals surface area contributed by atoms with Crippen LogP contribution in [0.25, 0.3) is 21.7 Å². The lowest BCUT2D eigenvalue weighted by Gasteiger charge is -2.23. The molecule has 31 heavy (non-hydrogen) atoms. The second-order valence-electron chi connectivity index (χ2n) is 7.22. The summed E-state index contributed by atoms with van der Waals surface area (Å²) in [6.45, 7) is 0.413. The van der Waals surface area contributed by atoms with Crippen molar-refractivity contribution in [2.75, 3.05) is 11.9 Å². The molecule has 1 aromatic carbocycles. The number of aromatic nitrogens is 2. The number of hydrogen-bond donors (Lipinski definition) is 2. The van der Waals surface area contributed by atoms with E-state index in [1.54, 1.807) is 18.2 Å². The van der Waals surface area contributed by atoms with Crippen LogP contribution in [0.15, 0.2) is 64.0 Å². The number of pyridine rings is 1. The topological polar surface area (TPSA) is 108 Å². The number of benzene rings is 1. The molecule has 0 aliphatic carbocycles. The molecular weight excluding hydrogens is 416 g/mol. The molecule has 1 aliphatic heterocycles. The number of nitrogens with one attached hydrogen (secondary N) is 2. The number of hydrogen-bond acceptors (Lipinski definition) is 6. The minimum atomic E-state index is -0.649. The van der Waals surface area contributed by atoms with Gasteiger partial charge in [0.15, 0.2) is 5.13 Å². The lowest BCUT2D eigenvalue weighted by molar-refractivity contribution is -0.119. The Balaban J connectivity index is 1.35. The third-order valence-corrected chi connectivity index (χ3v) is 6.22. The van der Waals surface area contributed by atoms with E-state index in [1.807, 2.05) is 24.3 Å². The summed E-state index contributed by atoms with van der Waals surface area (Å²) >= 11 is 1.38. The van der Waals surface area contributed by atoms with E-state index in [-0.39, 0.29) is 11.5 Å². The van der Waals surface area contributed by atoms with E-state index >= 15 is 0 Å². The minimum Gasteiger partial charge on any atom is -0.463 e. The van der Waals surface area contributed by atoms with Crippen molar-refractivity contribution >= 4 is 38.5 Å². The predicted octanol–water partition coefficient (Wildman–Crippen LogP) is 3.49. The number of H-pyrrole nitrogens is 1. The van der Waals surface area contributed by atoms with Gasteiger partial charge in [-0.05, 0) is 49.2 Å². The maximum Gasteiger partial charge on any atom is 0.261 e. The standard InChI is InChI=1S/C22H18N4O4S/c27-19-13(9-10-14(23-19)17-7-4-12-30-17)21(29)26-11-3-6-16(26)20(28)25-22-24-15-5-1-2-8-18(15)31-22/h1-2,4-5,7-10,12,16H,3,6,11H2,(H,23,27)(H,24,25,28). The van der Waals surface area contributed by atoms with Crippen LogP contribution < -0.4 is 10.9 Å². The lowest BCUT2D eigenvalue weighted by atomic mass is 10.1. The van der Waals surface area contributed by atoms with Crippen LogP contribution in [0.5, 0.6) is 0 Å². The summed E-state index contributed by atoms with van der Waals surface area (Å²) in [5.74, 6) is -0.256. The summed E-state index contributed by atoms with van der Waals surface area (Å²) in [6, 6.07) is 13.5. The van der Waals surface area contributed by atoms with Crippen LogP contribution in [-0.2, 0) is 4.79 Å². The molecule has 0 spiro atoms. The first-order chi connectivity index (χ1) is 15.1. The van der Waals surface area contributed by atoms with Gasteiger partial charge >= 0.3 is 0 Å². The van der Waals surface area contributed by atoms with Crippen molar-refractivity contribution < 1.29 is 14.0 Å². The van der Waals surface area contributed by atoms with Crippen LogP contribution in [-0.4, -0.2) is 39.3 Å². The molecule has 156 valence electrons. The van der Waals surface area contributed by atoms with E-state index in [4.69, 9.17) is 4.42 Å². The van der Waals surface area contributed by atoms with E-state index in [9.17, 15) is 14.4 Å². The average molecular weight is 434 g/mol. The van der Waals surface area contributed by atoms with Gasteiger partial charge in [0.2, 0.25) is 5.91 Å². The number of aromatic amines is 1. The Morgan fingerprint density at radius 2 is 2.03 bits per heavy atom. The summed E-state index contributed by atoms with van der Waals surface area (Å²) < 4.78 is 6.25. The molecule has 0 radical (unpaired) electrons. The SMILES string of the molecule is O=C(Nc1nc2ccccc2s1)C1CCCN1C(=O)c1ccc(-c2ccco2)[nH]c1=O. The summed E-state index contributed by atoms with van der Waals surface area (Å²) in [5, 5.41) is 3.32. The fourth-order valence-electron chi connectivity index (χ4n) is 3.77. The highest BCUT2D eigenvalue weighted by molar-refractivity contribution is 7.22. The molecule has 1 fully saturated rings. The van der Waals surface area contributed by atoms with E-state index in [1.165, 1.54) is 28.6 Å². The van der Waals surface area contributed by atoms with Gasteiger partial charge in [-0.2, -0.15) is 0 Å². The summed E-state index contributed by atoms with van der Waals surface area (Å²) in [6.07, 6.45) is 2.72. The lowest BCUT2D eigenvalue weighted by Crippen LogP contribution is -2.44. The minimum absolute atomic E-state index is 0.00464. The number of thiazole rings is 1. The number of amides is 2. The molecule has 0 saturated carbocycles. The fraction of sp³-hybridized carbons (Fsp3) is 0.182. The second-order valence-corrected chi connectivity index (χ2v) is 8.26. The van der Waals surface area contributed by atoms with Crippen LogP contribution in [0.3, 0.4) is 0 Å². The Kier molecular flexibility index (Phi) is 4.87. The number of carbonyl (C=O) groups excluding carboxylic acids is 2. The number of furan rings is 1. The quantitative estimate of drug-likeness (QED) is 0.511. The number of para-hydroxylation sites is 1. The Labute approximate surface area is 180 Å². The second kappa shape index (κ2) is 7.84. The molecule has 1 aliphatic rings. The molecule has 4 aromatic rings. The summed E-state index contributed by atoms with van der Waals surface area (Å²) in [4.78, 5) is 47.1. The molecule has 9 heteroatoms. The first kappa shape index (κ1) is 19.3. The van der Waals surface area contributed by atoms with Gasteiger partial charge in [-0.25, -0.2) is 4.98 Å². The maximum atomic E-state index is 13.1. The smallest absolute Gasteiger partial charge is 0.261 e. The number of rotatable bonds is 4. The molecule has 1 saturated heterocycles. The van der Waals surface area contributed by atoms with Crippen LogP contribution in [0.1, 0.15) is 23.2 Å². The van der Waals surface area contributed by atoms with Crippen molar-refractivity contribution in [3.8, 4) is 11.5 Å². The van der Waals surface area contributed by atoms with Crippen LogP contribution in [0, 0.1) is 0 Å². The van der Waals surface area contributed by atoms with Gasteiger partial charge in [-0.15, -0.1) is 0 Å². The van der Waals surface area contributed by atoms with Crippen molar-refractivity contribution in [2.24, 2.45) is 0 Å². The molecule has 2 amide bonds. The zero-order valence-corrected chi connectivity index (χ0v) is 17.1. The monoisotopic (exact) mass is 434 g/mol. The third kappa shape index (κ3) is 3.64. The number of carbonyl (C=O) groups is 2. The number of anilines is 1. The van der Waals surface area contributed by atoms with E-state index < -0.39 is 17.5 Å². The van der Waals surface area contributed by atoms with Gasteiger partial charge < -0.3 is 19.6 Å². The van der Waals surface area contributed by atoms with Gasteiger partial charge in [0.1, 0.15) is 17.4 Å². The fourth-order valence-corrected chi connectivity index (χ4v) is 4.64. The predicted molar refractivity (Wildman–Crippen MR) is 117 cm³/mol. The van der Waals surface area contributed by atoms with Crippen molar-refractivity contribution in [1.29, 1.82) is 0 Å². The highest BCUT2D eigenvalue weighted by Crippen LogP contribution is 2.27. The van der Waals surface area contributed by atoms with Gasteiger partial charge in [0, 0.05) is 6.54 Å². The average Bonchev–Trinajstić information content (AvgIpc) is 3.53. The highest BCUT2D eigenvalue weighted by Gasteiger charge is 2.35.